The summed E-state index contributed by atoms with van der Waals surface area (Å²) >= 11 is 0. The van der Waals surface area contributed by atoms with Crippen LogP contribution in [0.15, 0.2) is 21.6 Å². The average molecular weight is 304 g/mol. The first-order valence-corrected chi connectivity index (χ1v) is 8.18. The Bertz CT molecular complexity index is 496. The van der Waals surface area contributed by atoms with Gasteiger partial charge < -0.3 is 14.8 Å². The minimum absolute atomic E-state index is 0.0401. The fraction of sp³-hybridized carbons (Fsp3) is 0.692. The predicted octanol–water partition coefficient (Wildman–Crippen LogP) is 1.03. The Morgan fingerprint density at radius 1 is 1.40 bits per heavy atom. The number of aliphatic hydroxyl groups is 1. The summed E-state index contributed by atoms with van der Waals surface area (Å²) in [4.78, 5) is 0. The predicted molar refractivity (Wildman–Crippen MR) is 76.8 cm³/mol. The molecule has 1 aromatic rings. The van der Waals surface area contributed by atoms with Gasteiger partial charge in [-0.2, -0.15) is 0 Å². The lowest BCUT2D eigenvalue weighted by atomic mass is 10.0. The highest BCUT2D eigenvalue weighted by Crippen LogP contribution is 2.16. The van der Waals surface area contributed by atoms with Crippen molar-refractivity contribution in [1.29, 1.82) is 0 Å². The molecular formula is C13H24N2O4S. The van der Waals surface area contributed by atoms with Gasteiger partial charge in [0.05, 0.1) is 6.54 Å². The molecule has 0 aliphatic carbocycles. The second kappa shape index (κ2) is 7.78. The molecule has 0 aliphatic heterocycles. The Morgan fingerprint density at radius 3 is 2.65 bits per heavy atom. The van der Waals surface area contributed by atoms with Crippen LogP contribution in [0, 0.1) is 5.92 Å². The number of hydrogen-bond acceptors (Lipinski definition) is 5. The van der Waals surface area contributed by atoms with Gasteiger partial charge in [0.25, 0.3) is 10.0 Å². The number of rotatable bonds is 9. The molecule has 0 radical (unpaired) electrons. The summed E-state index contributed by atoms with van der Waals surface area (Å²) in [6.07, 6.45) is 1.76. The highest BCUT2D eigenvalue weighted by Gasteiger charge is 2.21. The average Bonchev–Trinajstić information content (AvgIpc) is 2.87. The smallest absolute Gasteiger partial charge is 0.275 e. The van der Waals surface area contributed by atoms with Gasteiger partial charge in [-0.15, -0.1) is 0 Å². The van der Waals surface area contributed by atoms with Crippen LogP contribution in [0.3, 0.4) is 0 Å². The second-order valence-corrected chi connectivity index (χ2v) is 7.01. The number of aliphatic hydroxyl groups excluding tert-OH is 1. The Labute approximate surface area is 120 Å². The van der Waals surface area contributed by atoms with Gasteiger partial charge >= 0.3 is 0 Å². The summed E-state index contributed by atoms with van der Waals surface area (Å²) in [5.74, 6) is 1.00. The maximum Gasteiger partial charge on any atom is 0.275 e. The molecule has 20 heavy (non-hydrogen) atoms. The molecule has 0 bridgehead atoms. The van der Waals surface area contributed by atoms with Crippen molar-refractivity contribution in [2.45, 2.75) is 31.4 Å². The summed E-state index contributed by atoms with van der Waals surface area (Å²) < 4.78 is 30.2. The number of hydrogen-bond donors (Lipinski definition) is 2. The summed E-state index contributed by atoms with van der Waals surface area (Å²) in [5.41, 5.74) is 0. The standard InChI is InChI=1S/C13H24N2O4S/c1-4-11(7-8-16)9-14-10-12-5-6-13(19-12)20(17,18)15(2)3/h5-6,11,14,16H,4,7-10H2,1-3H3. The second-order valence-electron chi connectivity index (χ2n) is 4.93. The molecule has 116 valence electrons. The first-order chi connectivity index (χ1) is 9.41. The van der Waals surface area contributed by atoms with Gasteiger partial charge in [-0.05, 0) is 31.0 Å². The van der Waals surface area contributed by atoms with Crippen LogP contribution in [0.1, 0.15) is 25.5 Å². The molecule has 0 saturated carbocycles. The molecule has 1 atom stereocenters. The molecule has 0 aliphatic rings. The zero-order valence-electron chi connectivity index (χ0n) is 12.3. The van der Waals surface area contributed by atoms with E-state index in [1.54, 1.807) is 6.07 Å². The monoisotopic (exact) mass is 304 g/mol. The Hall–Kier alpha value is -0.890. The van der Waals surface area contributed by atoms with Crippen LogP contribution in [0.5, 0.6) is 0 Å². The highest BCUT2D eigenvalue weighted by molar-refractivity contribution is 7.88. The van der Waals surface area contributed by atoms with Crippen molar-refractivity contribution in [2.24, 2.45) is 5.92 Å². The van der Waals surface area contributed by atoms with Gasteiger partial charge in [-0.25, -0.2) is 12.7 Å². The maximum atomic E-state index is 11.8. The van der Waals surface area contributed by atoms with Crippen molar-refractivity contribution in [1.82, 2.24) is 9.62 Å². The van der Waals surface area contributed by atoms with Gasteiger partial charge in [0.15, 0.2) is 0 Å². The molecular weight excluding hydrogens is 280 g/mol. The molecule has 1 aromatic heterocycles. The SMILES string of the molecule is CCC(CCO)CNCc1ccc(S(=O)(=O)N(C)C)o1. The van der Waals surface area contributed by atoms with Crippen LogP contribution < -0.4 is 5.32 Å². The van der Waals surface area contributed by atoms with Gasteiger partial charge in [-0.1, -0.05) is 13.3 Å². The van der Waals surface area contributed by atoms with Gasteiger partial charge in [-0.3, -0.25) is 0 Å². The van der Waals surface area contributed by atoms with Gasteiger partial charge in [0.1, 0.15) is 5.76 Å². The fourth-order valence-corrected chi connectivity index (χ4v) is 2.62. The molecule has 0 saturated heterocycles. The van der Waals surface area contributed by atoms with E-state index < -0.39 is 10.0 Å². The molecule has 1 heterocycles. The third kappa shape index (κ3) is 4.59. The minimum atomic E-state index is -3.50. The van der Waals surface area contributed by atoms with Crippen LogP contribution in [-0.4, -0.2) is 45.1 Å². The van der Waals surface area contributed by atoms with Crippen molar-refractivity contribution in [3.63, 3.8) is 0 Å². The molecule has 0 aromatic carbocycles. The number of sulfonamides is 1. The lowest BCUT2D eigenvalue weighted by molar-refractivity contribution is 0.250. The Morgan fingerprint density at radius 2 is 2.10 bits per heavy atom. The van der Waals surface area contributed by atoms with E-state index in [0.29, 0.717) is 18.2 Å². The van der Waals surface area contributed by atoms with Gasteiger partial charge in [0.2, 0.25) is 5.09 Å². The summed E-state index contributed by atoms with van der Waals surface area (Å²) in [5, 5.41) is 12.1. The number of furan rings is 1. The van der Waals surface area contributed by atoms with Crippen LogP contribution in [0.2, 0.25) is 0 Å². The maximum absolute atomic E-state index is 11.8. The van der Waals surface area contributed by atoms with Crippen molar-refractivity contribution in [2.75, 3.05) is 27.2 Å². The van der Waals surface area contributed by atoms with Crippen molar-refractivity contribution in [3.05, 3.63) is 17.9 Å². The van der Waals surface area contributed by atoms with Crippen LogP contribution in [-0.2, 0) is 16.6 Å². The first-order valence-electron chi connectivity index (χ1n) is 6.74. The van der Waals surface area contributed by atoms with E-state index in [4.69, 9.17) is 9.52 Å². The Kier molecular flexibility index (Phi) is 6.67. The van der Waals surface area contributed by atoms with Crippen LogP contribution in [0.4, 0.5) is 0 Å². The van der Waals surface area contributed by atoms with Crippen molar-refractivity contribution < 1.29 is 17.9 Å². The topological polar surface area (TPSA) is 82.8 Å². The molecule has 0 spiro atoms. The summed E-state index contributed by atoms with van der Waals surface area (Å²) in [6, 6.07) is 3.13. The Balaban J connectivity index is 2.53. The third-order valence-electron chi connectivity index (χ3n) is 3.22. The fourth-order valence-electron chi connectivity index (χ4n) is 1.80. The number of nitrogens with zero attached hydrogens (tertiary/aromatic N) is 1. The van der Waals surface area contributed by atoms with Crippen LogP contribution >= 0.6 is 0 Å². The molecule has 2 N–H and O–H groups in total. The zero-order chi connectivity index (χ0) is 15.2. The number of nitrogens with one attached hydrogen (secondary N) is 1. The van der Waals surface area contributed by atoms with E-state index in [9.17, 15) is 8.42 Å². The van der Waals surface area contributed by atoms with E-state index in [1.165, 1.54) is 20.2 Å². The van der Waals surface area contributed by atoms with Crippen molar-refractivity contribution in [3.8, 4) is 0 Å². The molecule has 1 unspecified atom stereocenters. The van der Waals surface area contributed by atoms with E-state index in [2.05, 4.69) is 12.2 Å². The minimum Gasteiger partial charge on any atom is -0.447 e. The lowest BCUT2D eigenvalue weighted by Crippen LogP contribution is -2.23. The van der Waals surface area contributed by atoms with Crippen molar-refractivity contribution >= 4 is 10.0 Å². The van der Waals surface area contributed by atoms with E-state index in [1.807, 2.05) is 0 Å². The highest BCUT2D eigenvalue weighted by atomic mass is 32.2. The quantitative estimate of drug-likeness (QED) is 0.712. The largest absolute Gasteiger partial charge is 0.447 e. The van der Waals surface area contributed by atoms with E-state index >= 15 is 0 Å². The van der Waals surface area contributed by atoms with E-state index in [-0.39, 0.29) is 11.7 Å². The lowest BCUT2D eigenvalue weighted by Gasteiger charge is -2.13. The summed E-state index contributed by atoms with van der Waals surface area (Å²) in [7, 11) is -0.567. The summed E-state index contributed by atoms with van der Waals surface area (Å²) in [6.45, 7) is 3.52. The normalized spacial score (nSPS) is 13.8. The molecule has 1 rings (SSSR count). The molecule has 7 heteroatoms. The third-order valence-corrected chi connectivity index (χ3v) is 4.91. The zero-order valence-corrected chi connectivity index (χ0v) is 13.1. The first kappa shape index (κ1) is 17.2. The van der Waals surface area contributed by atoms with Crippen LogP contribution in [0.25, 0.3) is 0 Å². The van der Waals surface area contributed by atoms with E-state index in [0.717, 1.165) is 23.7 Å². The van der Waals surface area contributed by atoms with Gasteiger partial charge in [0, 0.05) is 20.7 Å². The molecule has 0 amide bonds. The molecule has 0 fully saturated rings. The molecule has 6 nitrogen and oxygen atoms in total.